The van der Waals surface area contributed by atoms with E-state index in [-0.39, 0.29) is 16.8 Å². The molecule has 0 radical (unpaired) electrons. The van der Waals surface area contributed by atoms with E-state index in [0.717, 1.165) is 19.3 Å². The van der Waals surface area contributed by atoms with E-state index in [4.69, 9.17) is 11.6 Å². The lowest BCUT2D eigenvalue weighted by atomic mass is 10.0. The summed E-state index contributed by atoms with van der Waals surface area (Å²) in [7, 11) is 0. The number of nitrogens with one attached hydrogen (secondary N) is 1. The number of nitrogens with zero attached hydrogens (tertiary/aromatic N) is 1. The zero-order chi connectivity index (χ0) is 13.0. The summed E-state index contributed by atoms with van der Waals surface area (Å²) in [4.78, 5) is 25.7. The minimum absolute atomic E-state index is 0.0885. The van der Waals surface area contributed by atoms with Crippen LogP contribution in [0, 0.1) is 5.92 Å². The van der Waals surface area contributed by atoms with E-state index in [9.17, 15) is 9.59 Å². The van der Waals surface area contributed by atoms with Crippen LogP contribution < -0.4 is 11.2 Å². The van der Waals surface area contributed by atoms with Crippen molar-refractivity contribution in [3.05, 3.63) is 32.1 Å². The fourth-order valence-electron chi connectivity index (χ4n) is 1.84. The second-order valence-corrected chi connectivity index (χ2v) is 5.21. The molecule has 0 aliphatic rings. The molecule has 1 unspecified atom stereocenters. The molecule has 0 fully saturated rings. The van der Waals surface area contributed by atoms with Gasteiger partial charge < -0.3 is 0 Å². The van der Waals surface area contributed by atoms with Gasteiger partial charge in [0.15, 0.2) is 0 Å². The van der Waals surface area contributed by atoms with E-state index in [2.05, 4.69) is 18.8 Å². The Morgan fingerprint density at radius 2 is 1.94 bits per heavy atom. The van der Waals surface area contributed by atoms with Gasteiger partial charge in [-0.3, -0.25) is 14.3 Å². The van der Waals surface area contributed by atoms with Crippen molar-refractivity contribution in [3.8, 4) is 0 Å². The molecule has 1 aromatic heterocycles. The Labute approximate surface area is 106 Å². The molecule has 4 nitrogen and oxygen atoms in total. The Hall–Kier alpha value is -1.03. The van der Waals surface area contributed by atoms with Gasteiger partial charge in [-0.15, -0.1) is 0 Å². The second kappa shape index (κ2) is 6.05. The van der Waals surface area contributed by atoms with Crippen molar-refractivity contribution < 1.29 is 0 Å². The summed E-state index contributed by atoms with van der Waals surface area (Å²) in [5, 5.41) is 0.0885. The first kappa shape index (κ1) is 14.0. The lowest BCUT2D eigenvalue weighted by molar-refractivity contribution is 0.426. The predicted molar refractivity (Wildman–Crippen MR) is 69.7 cm³/mol. The molecule has 1 heterocycles. The monoisotopic (exact) mass is 258 g/mol. The number of hydrogen-bond acceptors (Lipinski definition) is 2. The van der Waals surface area contributed by atoms with Crippen molar-refractivity contribution >= 4 is 11.6 Å². The Balaban J connectivity index is 2.79. The number of hydrogen-bond donors (Lipinski definition) is 1. The molecule has 0 spiro atoms. The highest BCUT2D eigenvalue weighted by Gasteiger charge is 2.11. The number of aromatic amines is 1. The highest BCUT2D eigenvalue weighted by atomic mass is 35.5. The quantitative estimate of drug-likeness (QED) is 0.826. The summed E-state index contributed by atoms with van der Waals surface area (Å²) in [5.41, 5.74) is -0.768. The van der Waals surface area contributed by atoms with Gasteiger partial charge in [0, 0.05) is 12.1 Å². The topological polar surface area (TPSA) is 54.9 Å². The first-order valence-corrected chi connectivity index (χ1v) is 6.31. The van der Waals surface area contributed by atoms with Crippen LogP contribution >= 0.6 is 11.6 Å². The summed E-state index contributed by atoms with van der Waals surface area (Å²) in [6.45, 7) is 6.20. The summed E-state index contributed by atoms with van der Waals surface area (Å²) in [6, 6.07) is 1.14. The van der Waals surface area contributed by atoms with Crippen LogP contribution in [0.4, 0.5) is 0 Å². The van der Waals surface area contributed by atoms with Gasteiger partial charge in [-0.2, -0.15) is 0 Å². The zero-order valence-electron chi connectivity index (χ0n) is 10.5. The standard InChI is InChI=1S/C12H19ClN2O2/c1-8(2)5-4-6-9(3)15-11(16)7-10(13)14-12(15)17/h7-9H,4-6H2,1-3H3,(H,14,17). The third-order valence-electron chi connectivity index (χ3n) is 2.78. The third kappa shape index (κ3) is 4.04. The van der Waals surface area contributed by atoms with Crippen LogP contribution in [-0.2, 0) is 0 Å². The lowest BCUT2D eigenvalue weighted by Crippen LogP contribution is -2.36. The van der Waals surface area contributed by atoms with Crippen LogP contribution in [-0.4, -0.2) is 9.55 Å². The summed E-state index contributed by atoms with van der Waals surface area (Å²) < 4.78 is 1.23. The van der Waals surface area contributed by atoms with Crippen molar-refractivity contribution in [2.75, 3.05) is 0 Å². The van der Waals surface area contributed by atoms with Gasteiger partial charge >= 0.3 is 5.69 Å². The third-order valence-corrected chi connectivity index (χ3v) is 2.98. The van der Waals surface area contributed by atoms with E-state index in [1.807, 2.05) is 6.92 Å². The van der Waals surface area contributed by atoms with E-state index < -0.39 is 5.69 Å². The number of rotatable bonds is 5. The number of H-pyrrole nitrogens is 1. The molecule has 96 valence electrons. The molecule has 1 atom stereocenters. The second-order valence-electron chi connectivity index (χ2n) is 4.80. The molecule has 0 saturated heterocycles. The first-order valence-electron chi connectivity index (χ1n) is 5.93. The highest BCUT2D eigenvalue weighted by Crippen LogP contribution is 2.14. The maximum absolute atomic E-state index is 11.7. The fraction of sp³-hybridized carbons (Fsp3) is 0.667. The summed E-state index contributed by atoms with van der Waals surface area (Å²) in [6.07, 6.45) is 2.93. The Bertz CT molecular complexity index is 445. The van der Waals surface area contributed by atoms with Crippen LogP contribution in [0.3, 0.4) is 0 Å². The molecule has 0 aromatic carbocycles. The smallest absolute Gasteiger partial charge is 0.298 e. The largest absolute Gasteiger partial charge is 0.329 e. The Kier molecular flexibility index (Phi) is 5.00. The molecule has 5 heteroatoms. The van der Waals surface area contributed by atoms with E-state index in [1.54, 1.807) is 0 Å². The van der Waals surface area contributed by atoms with Crippen LogP contribution in [0.1, 0.15) is 46.1 Å². The minimum atomic E-state index is -0.431. The van der Waals surface area contributed by atoms with Crippen molar-refractivity contribution in [3.63, 3.8) is 0 Å². The Morgan fingerprint density at radius 1 is 1.29 bits per heavy atom. The van der Waals surface area contributed by atoms with E-state index in [1.165, 1.54) is 10.6 Å². The minimum Gasteiger partial charge on any atom is -0.298 e. The van der Waals surface area contributed by atoms with Gasteiger partial charge in [0.2, 0.25) is 0 Å². The molecule has 0 aliphatic heterocycles. The normalized spacial score (nSPS) is 13.0. The molecule has 0 aliphatic carbocycles. The molecule has 0 amide bonds. The van der Waals surface area contributed by atoms with Crippen molar-refractivity contribution in [1.82, 2.24) is 9.55 Å². The molecule has 0 bridgehead atoms. The number of halogens is 1. The van der Waals surface area contributed by atoms with Crippen molar-refractivity contribution in [2.24, 2.45) is 5.92 Å². The summed E-state index contributed by atoms with van der Waals surface area (Å²) in [5.74, 6) is 0.641. The van der Waals surface area contributed by atoms with Gasteiger partial charge in [-0.25, -0.2) is 4.79 Å². The maximum Gasteiger partial charge on any atom is 0.329 e. The van der Waals surface area contributed by atoms with Gasteiger partial charge in [-0.1, -0.05) is 38.3 Å². The molecule has 0 saturated carbocycles. The molecule has 1 aromatic rings. The van der Waals surface area contributed by atoms with Crippen LogP contribution in [0.25, 0.3) is 0 Å². The Morgan fingerprint density at radius 3 is 2.47 bits per heavy atom. The van der Waals surface area contributed by atoms with E-state index >= 15 is 0 Å². The van der Waals surface area contributed by atoms with Gasteiger partial charge in [0.1, 0.15) is 5.15 Å². The highest BCUT2D eigenvalue weighted by molar-refractivity contribution is 6.29. The van der Waals surface area contributed by atoms with Gasteiger partial charge in [-0.05, 0) is 19.3 Å². The van der Waals surface area contributed by atoms with Gasteiger partial charge in [0.05, 0.1) is 0 Å². The van der Waals surface area contributed by atoms with Crippen LogP contribution in [0.15, 0.2) is 15.7 Å². The lowest BCUT2D eigenvalue weighted by Gasteiger charge is -2.14. The molecule has 1 rings (SSSR count). The predicted octanol–water partition coefficient (Wildman–Crippen LogP) is 2.58. The molecular weight excluding hydrogens is 240 g/mol. The molecule has 17 heavy (non-hydrogen) atoms. The fourth-order valence-corrected chi connectivity index (χ4v) is 2.02. The van der Waals surface area contributed by atoms with Crippen molar-refractivity contribution in [2.45, 2.75) is 46.1 Å². The molecular formula is C12H19ClN2O2. The zero-order valence-corrected chi connectivity index (χ0v) is 11.3. The number of aromatic nitrogens is 2. The van der Waals surface area contributed by atoms with Gasteiger partial charge in [0.25, 0.3) is 5.56 Å². The molecule has 1 N–H and O–H groups in total. The van der Waals surface area contributed by atoms with Crippen LogP contribution in [0.5, 0.6) is 0 Å². The average molecular weight is 259 g/mol. The summed E-state index contributed by atoms with van der Waals surface area (Å²) >= 11 is 5.60. The van der Waals surface area contributed by atoms with Crippen LogP contribution in [0.2, 0.25) is 5.15 Å². The van der Waals surface area contributed by atoms with E-state index in [0.29, 0.717) is 5.92 Å². The maximum atomic E-state index is 11.7. The first-order chi connectivity index (χ1) is 7.91. The SMILES string of the molecule is CC(C)CCCC(C)n1c(=O)cc(Cl)[nH]c1=O. The average Bonchev–Trinajstić information content (AvgIpc) is 2.14. The van der Waals surface area contributed by atoms with Crippen molar-refractivity contribution in [1.29, 1.82) is 0 Å².